The van der Waals surface area contributed by atoms with Crippen molar-refractivity contribution in [2.45, 2.75) is 24.9 Å². The molecule has 2 aromatic rings. The number of ether oxygens (including phenoxy) is 2. The van der Waals surface area contributed by atoms with Gasteiger partial charge in [0.05, 0.1) is 18.1 Å². The molecule has 0 saturated carbocycles. The number of likely N-dealkylation sites (tertiary alicyclic amines) is 1. The van der Waals surface area contributed by atoms with E-state index in [4.69, 9.17) is 9.47 Å². The van der Waals surface area contributed by atoms with Gasteiger partial charge < -0.3 is 14.4 Å². The minimum absolute atomic E-state index is 0.0346. The van der Waals surface area contributed by atoms with Crippen molar-refractivity contribution < 1.29 is 14.3 Å². The predicted molar refractivity (Wildman–Crippen MR) is 90.2 cm³/mol. The summed E-state index contributed by atoms with van der Waals surface area (Å²) in [7, 11) is 3.51. The van der Waals surface area contributed by atoms with E-state index in [1.807, 2.05) is 42.3 Å². The molecule has 24 heavy (non-hydrogen) atoms. The summed E-state index contributed by atoms with van der Waals surface area (Å²) in [4.78, 5) is 14.5. The third kappa shape index (κ3) is 2.34. The van der Waals surface area contributed by atoms with E-state index in [0.29, 0.717) is 0 Å². The summed E-state index contributed by atoms with van der Waals surface area (Å²) < 4.78 is 11.6. The van der Waals surface area contributed by atoms with Crippen LogP contribution >= 0.6 is 0 Å². The number of hydrogen-bond donors (Lipinski definition) is 0. The van der Waals surface area contributed by atoms with Crippen molar-refractivity contribution in [3.63, 3.8) is 0 Å². The maximum Gasteiger partial charge on any atom is 0.231 e. The first-order valence-electron chi connectivity index (χ1n) is 8.28. The van der Waals surface area contributed by atoms with Crippen molar-refractivity contribution >= 4 is 5.91 Å². The van der Waals surface area contributed by atoms with Gasteiger partial charge in [-0.3, -0.25) is 4.79 Å². The van der Waals surface area contributed by atoms with Crippen molar-refractivity contribution in [1.82, 2.24) is 4.90 Å². The largest absolute Gasteiger partial charge is 0.356 e. The molecule has 4 atom stereocenters. The average molecular weight is 323 g/mol. The summed E-state index contributed by atoms with van der Waals surface area (Å²) >= 11 is 0. The SMILES string of the molecule is COC1Cc2ccccc2[C@@H]([C@H]2C(=O)N(C)[C@@H]2c2ccccc2)O1. The van der Waals surface area contributed by atoms with Gasteiger partial charge in [0.25, 0.3) is 0 Å². The molecule has 0 radical (unpaired) electrons. The van der Waals surface area contributed by atoms with Crippen molar-refractivity contribution in [2.75, 3.05) is 14.2 Å². The number of carbonyl (C=O) groups is 1. The van der Waals surface area contributed by atoms with Crippen LogP contribution in [-0.2, 0) is 20.7 Å². The fourth-order valence-corrected chi connectivity index (χ4v) is 3.92. The fraction of sp³-hybridized carbons (Fsp3) is 0.350. The number of rotatable bonds is 3. The number of β-lactam (4-membered cyclic amide) rings is 1. The lowest BCUT2D eigenvalue weighted by Crippen LogP contribution is -2.56. The Labute approximate surface area is 142 Å². The first kappa shape index (κ1) is 15.4. The number of hydrogen-bond acceptors (Lipinski definition) is 3. The number of methoxy groups -OCH3 is 1. The third-order valence-corrected chi connectivity index (χ3v) is 5.17. The molecule has 124 valence electrons. The summed E-state index contributed by atoms with van der Waals surface area (Å²) in [5.41, 5.74) is 3.46. The molecule has 4 nitrogen and oxygen atoms in total. The molecule has 4 heteroatoms. The van der Waals surface area contributed by atoms with E-state index in [1.165, 1.54) is 5.56 Å². The monoisotopic (exact) mass is 323 g/mol. The average Bonchev–Trinajstić information content (AvgIpc) is 2.65. The highest BCUT2D eigenvalue weighted by atomic mass is 16.7. The Balaban J connectivity index is 1.72. The van der Waals surface area contributed by atoms with Gasteiger partial charge in [-0.15, -0.1) is 0 Å². The lowest BCUT2D eigenvalue weighted by molar-refractivity contribution is -0.205. The summed E-state index contributed by atoms with van der Waals surface area (Å²) in [5, 5.41) is 0. The molecule has 0 N–H and O–H groups in total. The van der Waals surface area contributed by atoms with E-state index in [-0.39, 0.29) is 30.3 Å². The van der Waals surface area contributed by atoms with Crippen LogP contribution in [0.25, 0.3) is 0 Å². The minimum atomic E-state index is -0.306. The van der Waals surface area contributed by atoms with Gasteiger partial charge in [-0.2, -0.15) is 0 Å². The van der Waals surface area contributed by atoms with Crippen LogP contribution < -0.4 is 0 Å². The smallest absolute Gasteiger partial charge is 0.231 e. The van der Waals surface area contributed by atoms with Gasteiger partial charge in [0.1, 0.15) is 0 Å². The molecule has 4 rings (SSSR count). The third-order valence-electron chi connectivity index (χ3n) is 5.17. The number of amides is 1. The number of carbonyl (C=O) groups excluding carboxylic acids is 1. The van der Waals surface area contributed by atoms with Crippen LogP contribution in [0.2, 0.25) is 0 Å². The zero-order chi connectivity index (χ0) is 16.7. The molecule has 0 aliphatic carbocycles. The van der Waals surface area contributed by atoms with Crippen LogP contribution in [0.1, 0.15) is 28.8 Å². The number of fused-ring (bicyclic) bond motifs is 1. The quantitative estimate of drug-likeness (QED) is 0.815. The molecule has 2 aliphatic rings. The van der Waals surface area contributed by atoms with Crippen LogP contribution in [0, 0.1) is 5.92 Å². The van der Waals surface area contributed by atoms with E-state index in [2.05, 4.69) is 24.3 Å². The highest BCUT2D eigenvalue weighted by Crippen LogP contribution is 2.49. The minimum Gasteiger partial charge on any atom is -0.356 e. The van der Waals surface area contributed by atoms with Crippen LogP contribution in [0.15, 0.2) is 54.6 Å². The Morgan fingerprint density at radius 1 is 1.08 bits per heavy atom. The van der Waals surface area contributed by atoms with Crippen molar-refractivity contribution in [1.29, 1.82) is 0 Å². The number of nitrogens with zero attached hydrogens (tertiary/aromatic N) is 1. The molecule has 1 saturated heterocycles. The van der Waals surface area contributed by atoms with Crippen LogP contribution in [-0.4, -0.2) is 31.3 Å². The van der Waals surface area contributed by atoms with E-state index in [1.54, 1.807) is 7.11 Å². The van der Waals surface area contributed by atoms with E-state index >= 15 is 0 Å². The van der Waals surface area contributed by atoms with Crippen LogP contribution in [0.5, 0.6) is 0 Å². The first-order valence-corrected chi connectivity index (χ1v) is 8.28. The summed E-state index contributed by atoms with van der Waals surface area (Å²) in [6.45, 7) is 0. The second kappa shape index (κ2) is 6.04. The fourth-order valence-electron chi connectivity index (χ4n) is 3.92. The van der Waals surface area contributed by atoms with Crippen LogP contribution in [0.3, 0.4) is 0 Å². The van der Waals surface area contributed by atoms with E-state index < -0.39 is 0 Å². The Morgan fingerprint density at radius 2 is 1.79 bits per heavy atom. The van der Waals surface area contributed by atoms with Crippen molar-refractivity contribution in [2.24, 2.45) is 5.92 Å². The van der Waals surface area contributed by atoms with E-state index in [9.17, 15) is 4.79 Å². The zero-order valence-electron chi connectivity index (χ0n) is 13.9. The van der Waals surface area contributed by atoms with Crippen LogP contribution in [0.4, 0.5) is 0 Å². The molecule has 2 aromatic carbocycles. The highest BCUT2D eigenvalue weighted by molar-refractivity contribution is 5.87. The van der Waals surface area contributed by atoms with Gasteiger partial charge in [-0.25, -0.2) is 0 Å². The lowest BCUT2D eigenvalue weighted by atomic mass is 9.75. The molecule has 2 heterocycles. The van der Waals surface area contributed by atoms with Gasteiger partial charge in [0, 0.05) is 20.6 Å². The molecule has 1 fully saturated rings. The lowest BCUT2D eigenvalue weighted by Gasteiger charge is -2.50. The molecule has 0 spiro atoms. The Hall–Kier alpha value is -2.17. The maximum atomic E-state index is 12.7. The maximum absolute atomic E-state index is 12.7. The second-order valence-corrected chi connectivity index (χ2v) is 6.46. The Morgan fingerprint density at radius 3 is 2.54 bits per heavy atom. The zero-order valence-corrected chi connectivity index (χ0v) is 13.9. The number of benzene rings is 2. The predicted octanol–water partition coefficient (Wildman–Crippen LogP) is 3.10. The molecule has 0 aromatic heterocycles. The molecule has 2 aliphatic heterocycles. The van der Waals surface area contributed by atoms with Gasteiger partial charge in [0.2, 0.25) is 5.91 Å². The summed E-state index contributed by atoms with van der Waals surface area (Å²) in [6.07, 6.45) is 0.143. The van der Waals surface area contributed by atoms with E-state index in [0.717, 1.165) is 17.5 Å². The van der Waals surface area contributed by atoms with Gasteiger partial charge in [-0.1, -0.05) is 54.6 Å². The first-order chi connectivity index (χ1) is 11.7. The Bertz CT molecular complexity index is 746. The molecule has 1 unspecified atom stereocenters. The van der Waals surface area contributed by atoms with Gasteiger partial charge in [0.15, 0.2) is 6.29 Å². The molecular formula is C20H21NO3. The topological polar surface area (TPSA) is 38.8 Å². The van der Waals surface area contributed by atoms with Crippen molar-refractivity contribution in [3.8, 4) is 0 Å². The molecule has 1 amide bonds. The Kier molecular flexibility index (Phi) is 3.87. The molecule has 0 bridgehead atoms. The second-order valence-electron chi connectivity index (χ2n) is 6.46. The highest BCUT2D eigenvalue weighted by Gasteiger charge is 2.52. The van der Waals surface area contributed by atoms with Crippen molar-refractivity contribution in [3.05, 3.63) is 71.3 Å². The normalized spacial score (nSPS) is 29.1. The molecular weight excluding hydrogens is 302 g/mol. The summed E-state index contributed by atoms with van der Waals surface area (Å²) in [5.74, 6) is -0.0862. The standard InChI is InChI=1S/C20H21NO3/c1-21-18(13-8-4-3-5-9-13)17(20(21)22)19-15-11-7-6-10-14(15)12-16(23-2)24-19/h3-11,16-19H,12H2,1-2H3/t16?,17-,18+,19-/m0/s1. The summed E-state index contributed by atoms with van der Waals surface area (Å²) in [6, 6.07) is 18.4. The van der Waals surface area contributed by atoms with Gasteiger partial charge >= 0.3 is 0 Å². The van der Waals surface area contributed by atoms with Gasteiger partial charge in [-0.05, 0) is 16.7 Å².